The van der Waals surface area contributed by atoms with Crippen LogP contribution in [0.3, 0.4) is 0 Å². The summed E-state index contributed by atoms with van der Waals surface area (Å²) in [6, 6.07) is 8.49. The molecule has 2 N–H and O–H groups in total. The topological polar surface area (TPSA) is 32.3 Å². The molecule has 0 radical (unpaired) electrons. The van der Waals surface area contributed by atoms with Crippen molar-refractivity contribution in [2.75, 3.05) is 0 Å². The molecule has 0 spiro atoms. The molecule has 0 saturated heterocycles. The van der Waals surface area contributed by atoms with Gasteiger partial charge in [0.15, 0.2) is 0 Å². The van der Waals surface area contributed by atoms with E-state index in [0.717, 1.165) is 11.9 Å². The molecule has 2 aromatic rings. The zero-order valence-corrected chi connectivity index (χ0v) is 10.6. The van der Waals surface area contributed by atoms with Gasteiger partial charge in [0.1, 0.15) is 5.75 Å². The second kappa shape index (κ2) is 4.67. The molecule has 1 aliphatic rings. The van der Waals surface area contributed by atoms with E-state index in [4.69, 9.17) is 0 Å². The van der Waals surface area contributed by atoms with E-state index in [1.165, 1.54) is 35.3 Å². The van der Waals surface area contributed by atoms with Crippen LogP contribution in [0, 0.1) is 0 Å². The third-order valence-corrected chi connectivity index (χ3v) is 4.59. The Balaban J connectivity index is 1.72. The number of benzene rings is 1. The molecule has 90 valence electrons. The number of nitrogens with one attached hydrogen (secondary N) is 1. The van der Waals surface area contributed by atoms with E-state index in [2.05, 4.69) is 11.4 Å². The van der Waals surface area contributed by atoms with Gasteiger partial charge in [0, 0.05) is 22.2 Å². The quantitative estimate of drug-likeness (QED) is 0.868. The van der Waals surface area contributed by atoms with Crippen LogP contribution in [0.15, 0.2) is 24.3 Å². The van der Waals surface area contributed by atoms with Crippen molar-refractivity contribution >= 4 is 21.4 Å². The maximum Gasteiger partial charge on any atom is 0.116 e. The van der Waals surface area contributed by atoms with Crippen molar-refractivity contribution in [2.45, 2.75) is 38.3 Å². The summed E-state index contributed by atoms with van der Waals surface area (Å²) in [6.07, 6.45) is 5.40. The molecule has 3 rings (SSSR count). The number of phenols is 1. The van der Waals surface area contributed by atoms with Crippen LogP contribution in [-0.4, -0.2) is 11.1 Å². The second-order valence-electron chi connectivity index (χ2n) is 4.80. The van der Waals surface area contributed by atoms with Crippen LogP contribution in [0.25, 0.3) is 10.1 Å². The lowest BCUT2D eigenvalue weighted by molar-refractivity contribution is 0.476. The first-order valence-corrected chi connectivity index (χ1v) is 7.08. The van der Waals surface area contributed by atoms with E-state index in [-0.39, 0.29) is 0 Å². The maximum atomic E-state index is 9.43. The minimum absolute atomic E-state index is 0.352. The van der Waals surface area contributed by atoms with Gasteiger partial charge in [-0.1, -0.05) is 12.8 Å². The van der Waals surface area contributed by atoms with Crippen molar-refractivity contribution < 1.29 is 5.11 Å². The number of fused-ring (bicyclic) bond motifs is 1. The van der Waals surface area contributed by atoms with Gasteiger partial charge in [-0.25, -0.2) is 0 Å². The van der Waals surface area contributed by atoms with Crippen molar-refractivity contribution in [2.24, 2.45) is 0 Å². The standard InChI is InChI=1S/C14H17NOS/c16-12-5-6-14-10(7-12)8-13(17-14)9-15-11-3-1-2-4-11/h5-8,11,15-16H,1-4,9H2. The first-order chi connectivity index (χ1) is 8.31. The van der Waals surface area contributed by atoms with Crippen molar-refractivity contribution in [1.29, 1.82) is 0 Å². The van der Waals surface area contributed by atoms with Gasteiger partial charge in [-0.05, 0) is 42.5 Å². The van der Waals surface area contributed by atoms with Crippen molar-refractivity contribution in [3.05, 3.63) is 29.1 Å². The van der Waals surface area contributed by atoms with E-state index in [0.29, 0.717) is 11.8 Å². The molecular formula is C14H17NOS. The summed E-state index contributed by atoms with van der Waals surface area (Å²) >= 11 is 1.82. The maximum absolute atomic E-state index is 9.43. The number of hydrogen-bond acceptors (Lipinski definition) is 3. The van der Waals surface area contributed by atoms with Gasteiger partial charge < -0.3 is 10.4 Å². The Kier molecular flexibility index (Phi) is 3.04. The molecule has 0 aliphatic heterocycles. The Morgan fingerprint density at radius 1 is 1.24 bits per heavy atom. The molecule has 1 saturated carbocycles. The molecule has 0 bridgehead atoms. The summed E-state index contributed by atoms with van der Waals surface area (Å²) in [4.78, 5) is 1.36. The number of thiophene rings is 1. The van der Waals surface area contributed by atoms with Gasteiger partial charge in [-0.3, -0.25) is 0 Å². The molecule has 3 heteroatoms. The van der Waals surface area contributed by atoms with Crippen molar-refractivity contribution in [3.63, 3.8) is 0 Å². The predicted molar refractivity (Wildman–Crippen MR) is 72.6 cm³/mol. The molecule has 1 aliphatic carbocycles. The minimum Gasteiger partial charge on any atom is -0.508 e. The number of hydrogen-bond donors (Lipinski definition) is 2. The van der Waals surface area contributed by atoms with Gasteiger partial charge in [-0.15, -0.1) is 11.3 Å². The third kappa shape index (κ3) is 2.45. The summed E-state index contributed by atoms with van der Waals surface area (Å²) in [5.74, 6) is 0.352. The monoisotopic (exact) mass is 247 g/mol. The van der Waals surface area contributed by atoms with E-state index < -0.39 is 0 Å². The zero-order chi connectivity index (χ0) is 11.7. The van der Waals surface area contributed by atoms with Gasteiger partial charge >= 0.3 is 0 Å². The van der Waals surface area contributed by atoms with Gasteiger partial charge in [0.05, 0.1) is 0 Å². The van der Waals surface area contributed by atoms with E-state index in [9.17, 15) is 5.11 Å². The summed E-state index contributed by atoms with van der Waals surface area (Å²) < 4.78 is 1.26. The highest BCUT2D eigenvalue weighted by molar-refractivity contribution is 7.19. The van der Waals surface area contributed by atoms with E-state index in [1.54, 1.807) is 6.07 Å². The summed E-state index contributed by atoms with van der Waals surface area (Å²) in [6.45, 7) is 0.963. The van der Waals surface area contributed by atoms with Crippen LogP contribution in [0.4, 0.5) is 0 Å². The van der Waals surface area contributed by atoms with Crippen LogP contribution in [0.5, 0.6) is 5.75 Å². The Morgan fingerprint density at radius 2 is 2.06 bits per heavy atom. The highest BCUT2D eigenvalue weighted by Gasteiger charge is 2.14. The smallest absolute Gasteiger partial charge is 0.116 e. The largest absolute Gasteiger partial charge is 0.508 e. The fraction of sp³-hybridized carbons (Fsp3) is 0.429. The lowest BCUT2D eigenvalue weighted by Gasteiger charge is -2.09. The lowest BCUT2D eigenvalue weighted by atomic mass is 10.2. The van der Waals surface area contributed by atoms with Crippen LogP contribution >= 0.6 is 11.3 Å². The zero-order valence-electron chi connectivity index (χ0n) is 9.78. The van der Waals surface area contributed by atoms with Crippen LogP contribution in [0.2, 0.25) is 0 Å². The second-order valence-corrected chi connectivity index (χ2v) is 5.97. The molecule has 2 nitrogen and oxygen atoms in total. The van der Waals surface area contributed by atoms with E-state index in [1.807, 2.05) is 23.5 Å². The molecule has 0 amide bonds. The minimum atomic E-state index is 0.352. The van der Waals surface area contributed by atoms with Crippen LogP contribution < -0.4 is 5.32 Å². The Hall–Kier alpha value is -1.06. The molecular weight excluding hydrogens is 230 g/mol. The summed E-state index contributed by atoms with van der Waals surface area (Å²) in [7, 11) is 0. The first-order valence-electron chi connectivity index (χ1n) is 6.26. The Labute approximate surface area is 105 Å². The van der Waals surface area contributed by atoms with Crippen molar-refractivity contribution in [3.8, 4) is 5.75 Å². The SMILES string of the molecule is Oc1ccc2sc(CNC3CCCC3)cc2c1. The molecule has 1 aromatic carbocycles. The van der Waals surface area contributed by atoms with Crippen LogP contribution in [0.1, 0.15) is 30.6 Å². The van der Waals surface area contributed by atoms with Crippen LogP contribution in [-0.2, 0) is 6.54 Å². The molecule has 0 unspecified atom stereocenters. The fourth-order valence-electron chi connectivity index (χ4n) is 2.55. The molecule has 17 heavy (non-hydrogen) atoms. The average molecular weight is 247 g/mol. The van der Waals surface area contributed by atoms with Crippen molar-refractivity contribution in [1.82, 2.24) is 5.32 Å². The summed E-state index contributed by atoms with van der Waals surface area (Å²) in [5.41, 5.74) is 0. The lowest BCUT2D eigenvalue weighted by Crippen LogP contribution is -2.24. The average Bonchev–Trinajstić information content (AvgIpc) is 2.94. The molecule has 1 heterocycles. The fourth-order valence-corrected chi connectivity index (χ4v) is 3.54. The predicted octanol–water partition coefficient (Wildman–Crippen LogP) is 3.64. The normalized spacial score (nSPS) is 16.9. The Morgan fingerprint density at radius 3 is 2.88 bits per heavy atom. The highest BCUT2D eigenvalue weighted by atomic mass is 32.1. The van der Waals surface area contributed by atoms with Gasteiger partial charge in [0.25, 0.3) is 0 Å². The van der Waals surface area contributed by atoms with Gasteiger partial charge in [-0.2, -0.15) is 0 Å². The third-order valence-electron chi connectivity index (χ3n) is 3.47. The highest BCUT2D eigenvalue weighted by Crippen LogP contribution is 2.29. The molecule has 1 fully saturated rings. The number of aromatic hydroxyl groups is 1. The molecule has 0 atom stereocenters. The first kappa shape index (κ1) is 11.1. The number of rotatable bonds is 3. The van der Waals surface area contributed by atoms with E-state index >= 15 is 0 Å². The summed E-state index contributed by atoms with van der Waals surface area (Å²) in [5, 5.41) is 14.2. The molecule has 1 aromatic heterocycles. The number of phenolic OH excluding ortho intramolecular Hbond substituents is 1. The van der Waals surface area contributed by atoms with Gasteiger partial charge in [0.2, 0.25) is 0 Å². The Bertz CT molecular complexity index is 514.